The second-order valence-corrected chi connectivity index (χ2v) is 5.61. The Morgan fingerprint density at radius 2 is 1.50 bits per heavy atom. The average Bonchev–Trinajstić information content (AvgIpc) is 2.18. The third kappa shape index (κ3) is 4.84. The van der Waals surface area contributed by atoms with Crippen molar-refractivity contribution in [3.8, 4) is 0 Å². The highest BCUT2D eigenvalue weighted by Crippen LogP contribution is 2.19. The van der Waals surface area contributed by atoms with Gasteiger partial charge in [-0.25, -0.2) is 0 Å². The molecular formula is C14H32N2. The molecule has 2 heteroatoms. The highest BCUT2D eigenvalue weighted by molar-refractivity contribution is 4.81. The van der Waals surface area contributed by atoms with Crippen LogP contribution in [0.1, 0.15) is 54.4 Å². The number of hydrogen-bond acceptors (Lipinski definition) is 2. The molecule has 2 N–H and O–H groups in total. The first-order chi connectivity index (χ1) is 7.47. The van der Waals surface area contributed by atoms with Gasteiger partial charge in [0.2, 0.25) is 0 Å². The van der Waals surface area contributed by atoms with E-state index in [2.05, 4.69) is 46.4 Å². The number of nitrogens with two attached hydrogens (primary N) is 1. The molecule has 0 radical (unpaired) electrons. The summed E-state index contributed by atoms with van der Waals surface area (Å²) in [6.07, 6.45) is 2.46. The van der Waals surface area contributed by atoms with Gasteiger partial charge < -0.3 is 5.73 Å². The predicted octanol–water partition coefficient (Wildman–Crippen LogP) is 3.12. The number of rotatable bonds is 8. The maximum atomic E-state index is 5.96. The quantitative estimate of drug-likeness (QED) is 0.691. The van der Waals surface area contributed by atoms with Gasteiger partial charge in [-0.1, -0.05) is 41.5 Å². The van der Waals surface area contributed by atoms with Gasteiger partial charge in [-0.3, -0.25) is 4.90 Å². The van der Waals surface area contributed by atoms with E-state index in [4.69, 9.17) is 5.73 Å². The zero-order chi connectivity index (χ0) is 12.7. The highest BCUT2D eigenvalue weighted by atomic mass is 15.2. The summed E-state index contributed by atoms with van der Waals surface area (Å²) in [5.74, 6) is 1.36. The lowest BCUT2D eigenvalue weighted by molar-refractivity contribution is 0.0858. The van der Waals surface area contributed by atoms with Crippen LogP contribution in [0.5, 0.6) is 0 Å². The predicted molar refractivity (Wildman–Crippen MR) is 73.6 cm³/mol. The van der Waals surface area contributed by atoms with Crippen LogP contribution in [0, 0.1) is 11.8 Å². The second-order valence-electron chi connectivity index (χ2n) is 5.61. The fourth-order valence-corrected chi connectivity index (χ4v) is 2.53. The van der Waals surface area contributed by atoms with Crippen molar-refractivity contribution in [3.05, 3.63) is 0 Å². The molecule has 0 aliphatic rings. The minimum absolute atomic E-state index is 0.535. The van der Waals surface area contributed by atoms with Gasteiger partial charge in [0, 0.05) is 25.2 Å². The average molecular weight is 228 g/mol. The van der Waals surface area contributed by atoms with Gasteiger partial charge in [0.25, 0.3) is 0 Å². The molecule has 0 aromatic carbocycles. The third-order valence-corrected chi connectivity index (χ3v) is 3.42. The molecule has 1 unspecified atom stereocenters. The summed E-state index contributed by atoms with van der Waals surface area (Å²) in [7, 11) is 0. The lowest BCUT2D eigenvalue weighted by Crippen LogP contribution is -2.50. The normalized spacial score (nSPS) is 14.4. The van der Waals surface area contributed by atoms with Crippen LogP contribution in [-0.4, -0.2) is 30.1 Å². The zero-order valence-corrected chi connectivity index (χ0v) is 12.2. The largest absolute Gasteiger partial charge is 0.329 e. The molecule has 0 saturated carbocycles. The van der Waals surface area contributed by atoms with Crippen LogP contribution in [-0.2, 0) is 0 Å². The standard InChI is InChI=1S/C14H32N2/c1-7-13(8-2)16(10-11(3)4)14(9-15)12(5)6/h11-14H,7-10,15H2,1-6H3. The molecule has 0 aromatic heterocycles. The van der Waals surface area contributed by atoms with Gasteiger partial charge in [-0.2, -0.15) is 0 Å². The summed E-state index contributed by atoms with van der Waals surface area (Å²) >= 11 is 0. The van der Waals surface area contributed by atoms with Gasteiger partial charge in [0.1, 0.15) is 0 Å². The molecule has 2 nitrogen and oxygen atoms in total. The van der Waals surface area contributed by atoms with E-state index in [1.807, 2.05) is 0 Å². The van der Waals surface area contributed by atoms with Crippen molar-refractivity contribution in [2.75, 3.05) is 13.1 Å². The lowest BCUT2D eigenvalue weighted by Gasteiger charge is -2.40. The van der Waals surface area contributed by atoms with Gasteiger partial charge in [0.05, 0.1) is 0 Å². The Labute approximate surface area is 103 Å². The molecule has 0 amide bonds. The van der Waals surface area contributed by atoms with Crippen LogP contribution in [0.25, 0.3) is 0 Å². The Kier molecular flexibility index (Phi) is 8.04. The molecule has 0 saturated heterocycles. The highest BCUT2D eigenvalue weighted by Gasteiger charge is 2.26. The van der Waals surface area contributed by atoms with Crippen molar-refractivity contribution < 1.29 is 0 Å². The SMILES string of the molecule is CCC(CC)N(CC(C)C)C(CN)C(C)C. The molecule has 0 aromatic rings. The summed E-state index contributed by atoms with van der Waals surface area (Å²) in [6, 6.07) is 1.23. The van der Waals surface area contributed by atoms with Crippen molar-refractivity contribution in [1.82, 2.24) is 4.90 Å². The van der Waals surface area contributed by atoms with E-state index < -0.39 is 0 Å². The fraction of sp³-hybridized carbons (Fsp3) is 1.00. The van der Waals surface area contributed by atoms with E-state index in [0.717, 1.165) is 6.54 Å². The Morgan fingerprint density at radius 1 is 1.00 bits per heavy atom. The van der Waals surface area contributed by atoms with E-state index >= 15 is 0 Å². The first-order valence-corrected chi connectivity index (χ1v) is 6.93. The van der Waals surface area contributed by atoms with Crippen LogP contribution in [0.15, 0.2) is 0 Å². The third-order valence-electron chi connectivity index (χ3n) is 3.42. The van der Waals surface area contributed by atoms with Crippen LogP contribution in [0.4, 0.5) is 0 Å². The Hall–Kier alpha value is -0.0800. The molecule has 0 heterocycles. The van der Waals surface area contributed by atoms with Crippen molar-refractivity contribution in [2.45, 2.75) is 66.5 Å². The number of nitrogens with zero attached hydrogens (tertiary/aromatic N) is 1. The Bertz CT molecular complexity index is 162. The topological polar surface area (TPSA) is 29.3 Å². The van der Waals surface area contributed by atoms with Gasteiger partial charge >= 0.3 is 0 Å². The van der Waals surface area contributed by atoms with Crippen LogP contribution in [0.2, 0.25) is 0 Å². The zero-order valence-electron chi connectivity index (χ0n) is 12.2. The van der Waals surface area contributed by atoms with Crippen LogP contribution in [0.3, 0.4) is 0 Å². The lowest BCUT2D eigenvalue weighted by atomic mass is 9.97. The smallest absolute Gasteiger partial charge is 0.0244 e. The molecular weight excluding hydrogens is 196 g/mol. The molecule has 0 bridgehead atoms. The molecule has 0 fully saturated rings. The molecule has 0 aliphatic carbocycles. The summed E-state index contributed by atoms with van der Waals surface area (Å²) in [5, 5.41) is 0. The van der Waals surface area contributed by atoms with Crippen molar-refractivity contribution in [2.24, 2.45) is 17.6 Å². The van der Waals surface area contributed by atoms with Gasteiger partial charge in [-0.15, -0.1) is 0 Å². The summed E-state index contributed by atoms with van der Waals surface area (Å²) in [6.45, 7) is 15.7. The first-order valence-electron chi connectivity index (χ1n) is 6.93. The molecule has 1 atom stereocenters. The van der Waals surface area contributed by atoms with Crippen LogP contribution < -0.4 is 5.73 Å². The van der Waals surface area contributed by atoms with E-state index in [-0.39, 0.29) is 0 Å². The Morgan fingerprint density at radius 3 is 1.75 bits per heavy atom. The van der Waals surface area contributed by atoms with Crippen molar-refractivity contribution >= 4 is 0 Å². The first kappa shape index (κ1) is 15.9. The molecule has 0 aliphatic heterocycles. The molecule has 0 rings (SSSR count). The molecule has 98 valence electrons. The molecule has 16 heavy (non-hydrogen) atoms. The summed E-state index contributed by atoms with van der Waals surface area (Å²) in [5.41, 5.74) is 5.96. The maximum absolute atomic E-state index is 5.96. The molecule has 0 spiro atoms. The van der Waals surface area contributed by atoms with Gasteiger partial charge in [-0.05, 0) is 24.7 Å². The van der Waals surface area contributed by atoms with Crippen LogP contribution >= 0.6 is 0 Å². The Balaban J connectivity index is 4.73. The van der Waals surface area contributed by atoms with E-state index in [1.165, 1.54) is 19.4 Å². The number of hydrogen-bond donors (Lipinski definition) is 1. The summed E-state index contributed by atoms with van der Waals surface area (Å²) in [4.78, 5) is 2.65. The van der Waals surface area contributed by atoms with E-state index in [0.29, 0.717) is 23.9 Å². The maximum Gasteiger partial charge on any atom is 0.0244 e. The minimum atomic E-state index is 0.535. The van der Waals surface area contributed by atoms with Gasteiger partial charge in [0.15, 0.2) is 0 Å². The minimum Gasteiger partial charge on any atom is -0.329 e. The van der Waals surface area contributed by atoms with E-state index in [9.17, 15) is 0 Å². The summed E-state index contributed by atoms with van der Waals surface area (Å²) < 4.78 is 0. The van der Waals surface area contributed by atoms with Crippen molar-refractivity contribution in [3.63, 3.8) is 0 Å². The van der Waals surface area contributed by atoms with Crippen molar-refractivity contribution in [1.29, 1.82) is 0 Å². The monoisotopic (exact) mass is 228 g/mol. The fourth-order valence-electron chi connectivity index (χ4n) is 2.53. The van der Waals surface area contributed by atoms with E-state index in [1.54, 1.807) is 0 Å². The second kappa shape index (κ2) is 8.08.